The molecule has 0 N–H and O–H groups in total. The fraction of sp³-hybridized carbons (Fsp3) is 0.467. The van der Waals surface area contributed by atoms with Crippen LogP contribution < -0.4 is 0 Å². The first-order chi connectivity index (χ1) is 7.20. The van der Waals surface area contributed by atoms with Crippen molar-refractivity contribution >= 4 is 0 Å². The van der Waals surface area contributed by atoms with E-state index in [-0.39, 0.29) is 0 Å². The Morgan fingerprint density at radius 3 is 2.13 bits per heavy atom. The Labute approximate surface area is 93.0 Å². The molecule has 80 valence electrons. The van der Waals surface area contributed by atoms with Crippen molar-refractivity contribution in [3.8, 4) is 0 Å². The number of aryl methyl sites for hydroxylation is 1. The zero-order valence-electron chi connectivity index (χ0n) is 10.2. The van der Waals surface area contributed by atoms with Crippen molar-refractivity contribution in [3.05, 3.63) is 47.0 Å². The zero-order valence-corrected chi connectivity index (χ0v) is 10.2. The lowest BCUT2D eigenvalue weighted by atomic mass is 9.68. The predicted octanol–water partition coefficient (Wildman–Crippen LogP) is 4.45. The summed E-state index contributed by atoms with van der Waals surface area (Å²) in [7, 11) is 0. The Kier molecular flexibility index (Phi) is 2.46. The van der Waals surface area contributed by atoms with E-state index >= 15 is 0 Å². The Morgan fingerprint density at radius 2 is 1.73 bits per heavy atom. The van der Waals surface area contributed by atoms with Crippen LogP contribution in [0.2, 0.25) is 0 Å². The number of allylic oxidation sites excluding steroid dienone is 2. The fourth-order valence-electron chi connectivity index (χ4n) is 2.49. The fourth-order valence-corrected chi connectivity index (χ4v) is 2.49. The summed E-state index contributed by atoms with van der Waals surface area (Å²) in [6.07, 6.45) is 3.73. The second-order valence-electron chi connectivity index (χ2n) is 4.62. The van der Waals surface area contributed by atoms with Crippen LogP contribution in [0, 0.1) is 12.3 Å². The van der Waals surface area contributed by atoms with Crippen molar-refractivity contribution in [1.82, 2.24) is 0 Å². The third-order valence-electron chi connectivity index (χ3n) is 3.71. The van der Waals surface area contributed by atoms with Gasteiger partial charge in [0, 0.05) is 11.3 Å². The molecule has 0 nitrogen and oxygen atoms in total. The second kappa shape index (κ2) is 3.52. The van der Waals surface area contributed by atoms with Gasteiger partial charge >= 0.3 is 0 Å². The summed E-state index contributed by atoms with van der Waals surface area (Å²) in [4.78, 5) is 0. The number of fused-ring (bicyclic) bond motifs is 1. The summed E-state index contributed by atoms with van der Waals surface area (Å²) < 4.78 is 0. The van der Waals surface area contributed by atoms with Crippen molar-refractivity contribution in [2.24, 2.45) is 5.41 Å². The highest BCUT2D eigenvalue weighted by Gasteiger charge is 2.55. The van der Waals surface area contributed by atoms with Gasteiger partial charge in [0.05, 0.1) is 0 Å². The molecule has 3 rings (SSSR count). The maximum absolute atomic E-state index is 2.43. The maximum atomic E-state index is 2.43. The second-order valence-corrected chi connectivity index (χ2v) is 4.62. The van der Waals surface area contributed by atoms with Crippen molar-refractivity contribution in [1.29, 1.82) is 0 Å². The molecule has 0 spiro atoms. The monoisotopic (exact) mass is 200 g/mol. The Balaban J connectivity index is 0.000000404. The Hall–Kier alpha value is -1.04. The van der Waals surface area contributed by atoms with Gasteiger partial charge in [0.25, 0.3) is 0 Å². The van der Waals surface area contributed by atoms with Crippen LogP contribution in [-0.2, 0) is 0 Å². The quantitative estimate of drug-likeness (QED) is 0.587. The van der Waals surface area contributed by atoms with Crippen LogP contribution in [-0.4, -0.2) is 0 Å². The highest BCUT2D eigenvalue weighted by molar-refractivity contribution is 5.53. The average molecular weight is 200 g/mol. The number of hydrogen-bond acceptors (Lipinski definition) is 0. The van der Waals surface area contributed by atoms with E-state index in [0.29, 0.717) is 5.41 Å². The van der Waals surface area contributed by atoms with Crippen LogP contribution in [0.1, 0.15) is 44.2 Å². The normalized spacial score (nSPS) is 30.4. The molecule has 1 fully saturated rings. The van der Waals surface area contributed by atoms with Crippen molar-refractivity contribution in [3.63, 3.8) is 0 Å². The minimum atomic E-state index is 0.495. The van der Waals surface area contributed by atoms with E-state index in [0.717, 1.165) is 5.92 Å². The standard InChI is InChI=1S/C13H14.C2H6/c1-9-3-5-10(6-4-9)12-7-11-8-13(11,12)2;1-2/h3-6,8,12H,7H2,1-2H3;1-2H3. The predicted molar refractivity (Wildman–Crippen MR) is 66.1 cm³/mol. The Bertz CT molecular complexity index is 383. The van der Waals surface area contributed by atoms with Gasteiger partial charge in [0.15, 0.2) is 0 Å². The molecule has 0 aromatic heterocycles. The van der Waals surface area contributed by atoms with Gasteiger partial charge in [0.2, 0.25) is 0 Å². The molecule has 2 atom stereocenters. The molecule has 2 unspecified atom stereocenters. The van der Waals surface area contributed by atoms with Gasteiger partial charge < -0.3 is 0 Å². The van der Waals surface area contributed by atoms with Crippen LogP contribution in [0.5, 0.6) is 0 Å². The van der Waals surface area contributed by atoms with Crippen LogP contribution >= 0.6 is 0 Å². The lowest BCUT2D eigenvalue weighted by molar-refractivity contribution is 0.376. The maximum Gasteiger partial charge on any atom is 0.0138 e. The van der Waals surface area contributed by atoms with E-state index in [1.54, 1.807) is 5.57 Å². The first-order valence-corrected chi connectivity index (χ1v) is 5.99. The Morgan fingerprint density at radius 1 is 1.13 bits per heavy atom. The van der Waals surface area contributed by atoms with Gasteiger partial charge in [-0.1, -0.05) is 62.2 Å². The zero-order chi connectivity index (χ0) is 11.1. The first-order valence-electron chi connectivity index (χ1n) is 5.99. The molecule has 1 aromatic carbocycles. The highest BCUT2D eigenvalue weighted by Crippen LogP contribution is 2.68. The minimum Gasteiger partial charge on any atom is -0.0738 e. The van der Waals surface area contributed by atoms with Gasteiger partial charge in [-0.25, -0.2) is 0 Å². The smallest absolute Gasteiger partial charge is 0.0138 e. The number of benzene rings is 1. The molecule has 0 heteroatoms. The highest BCUT2D eigenvalue weighted by atomic mass is 14.6. The van der Waals surface area contributed by atoms with Crippen LogP contribution in [0.4, 0.5) is 0 Å². The van der Waals surface area contributed by atoms with E-state index in [9.17, 15) is 0 Å². The largest absolute Gasteiger partial charge is 0.0738 e. The van der Waals surface area contributed by atoms with E-state index < -0.39 is 0 Å². The topological polar surface area (TPSA) is 0 Å². The van der Waals surface area contributed by atoms with Gasteiger partial charge in [-0.05, 0) is 18.9 Å². The van der Waals surface area contributed by atoms with Crippen molar-refractivity contribution in [2.45, 2.75) is 40.0 Å². The molecule has 0 amide bonds. The molecule has 0 bridgehead atoms. The molecule has 0 radical (unpaired) electrons. The molecule has 2 aliphatic rings. The molecule has 1 aromatic rings. The number of hydrogen-bond donors (Lipinski definition) is 0. The SMILES string of the molecule is CC.Cc1ccc(C2CC3=CC32C)cc1. The third kappa shape index (κ3) is 1.52. The first kappa shape index (κ1) is 10.5. The molecular formula is C15H20. The lowest BCUT2D eigenvalue weighted by Gasteiger charge is -2.34. The van der Waals surface area contributed by atoms with Crippen molar-refractivity contribution in [2.75, 3.05) is 0 Å². The van der Waals surface area contributed by atoms with Crippen LogP contribution in [0.15, 0.2) is 35.9 Å². The molecule has 0 aliphatic heterocycles. The summed E-state index contributed by atoms with van der Waals surface area (Å²) in [5, 5.41) is 0. The molecule has 0 saturated heterocycles. The summed E-state index contributed by atoms with van der Waals surface area (Å²) >= 11 is 0. The lowest BCUT2D eigenvalue weighted by Crippen LogP contribution is -2.23. The van der Waals surface area contributed by atoms with E-state index in [4.69, 9.17) is 0 Å². The minimum absolute atomic E-state index is 0.495. The van der Waals surface area contributed by atoms with Crippen LogP contribution in [0.25, 0.3) is 0 Å². The molecule has 1 saturated carbocycles. The van der Waals surface area contributed by atoms with Gasteiger partial charge in [-0.3, -0.25) is 0 Å². The number of rotatable bonds is 1. The third-order valence-corrected chi connectivity index (χ3v) is 3.71. The molecule has 0 heterocycles. The molecule has 2 aliphatic carbocycles. The van der Waals surface area contributed by atoms with Gasteiger partial charge in [-0.15, -0.1) is 0 Å². The van der Waals surface area contributed by atoms with Crippen molar-refractivity contribution < 1.29 is 0 Å². The molecular weight excluding hydrogens is 180 g/mol. The van der Waals surface area contributed by atoms with Gasteiger partial charge in [-0.2, -0.15) is 0 Å². The molecule has 15 heavy (non-hydrogen) atoms. The summed E-state index contributed by atoms with van der Waals surface area (Å²) in [6.45, 7) is 8.50. The summed E-state index contributed by atoms with van der Waals surface area (Å²) in [5.74, 6) is 0.781. The van der Waals surface area contributed by atoms with E-state index in [1.807, 2.05) is 13.8 Å². The van der Waals surface area contributed by atoms with E-state index in [1.165, 1.54) is 17.5 Å². The van der Waals surface area contributed by atoms with Gasteiger partial charge in [0.1, 0.15) is 0 Å². The summed E-state index contributed by atoms with van der Waals surface area (Å²) in [5.41, 5.74) is 5.05. The van der Waals surface area contributed by atoms with E-state index in [2.05, 4.69) is 44.2 Å². The van der Waals surface area contributed by atoms with Crippen LogP contribution in [0.3, 0.4) is 0 Å². The summed E-state index contributed by atoms with van der Waals surface area (Å²) in [6, 6.07) is 9.01. The average Bonchev–Trinajstić information content (AvgIpc) is 2.78.